The first-order valence-corrected chi connectivity index (χ1v) is 6.77. The third kappa shape index (κ3) is 3.62. The van der Waals surface area contributed by atoms with Crippen molar-refractivity contribution in [3.63, 3.8) is 0 Å². The lowest BCUT2D eigenvalue weighted by Crippen LogP contribution is -2.16. The minimum Gasteiger partial charge on any atom is -0.462 e. The summed E-state index contributed by atoms with van der Waals surface area (Å²) in [6.07, 6.45) is 1.48. The molecule has 2 rings (SSSR count). The van der Waals surface area contributed by atoms with E-state index >= 15 is 0 Å². The Morgan fingerprint density at radius 2 is 2.10 bits per heavy atom. The van der Waals surface area contributed by atoms with Crippen molar-refractivity contribution in [2.24, 2.45) is 5.92 Å². The highest BCUT2D eigenvalue weighted by Gasteiger charge is 2.21. The summed E-state index contributed by atoms with van der Waals surface area (Å²) < 4.78 is 15.7. The van der Waals surface area contributed by atoms with E-state index in [9.17, 15) is 9.59 Å². The molecule has 0 aliphatic carbocycles. The Hall–Kier alpha value is -2.30. The second-order valence-corrected chi connectivity index (χ2v) is 5.19. The molecule has 21 heavy (non-hydrogen) atoms. The van der Waals surface area contributed by atoms with Crippen LogP contribution in [0.4, 0.5) is 0 Å². The van der Waals surface area contributed by atoms with Crippen LogP contribution in [0.3, 0.4) is 0 Å². The third-order valence-electron chi connectivity index (χ3n) is 2.87. The van der Waals surface area contributed by atoms with E-state index in [1.165, 1.54) is 13.0 Å². The summed E-state index contributed by atoms with van der Waals surface area (Å²) in [6.45, 7) is 5.60. The van der Waals surface area contributed by atoms with Gasteiger partial charge in [-0.15, -0.1) is 0 Å². The van der Waals surface area contributed by atoms with Crippen LogP contribution in [0, 0.1) is 5.92 Å². The number of hydrogen-bond donors (Lipinski definition) is 0. The van der Waals surface area contributed by atoms with Crippen LogP contribution in [0.25, 0.3) is 6.08 Å². The summed E-state index contributed by atoms with van der Waals surface area (Å²) in [5, 5.41) is 0. The zero-order valence-corrected chi connectivity index (χ0v) is 12.3. The molecule has 5 nitrogen and oxygen atoms in total. The monoisotopic (exact) mass is 290 g/mol. The summed E-state index contributed by atoms with van der Waals surface area (Å²) in [4.78, 5) is 23.7. The van der Waals surface area contributed by atoms with Crippen molar-refractivity contribution < 1.29 is 23.8 Å². The molecule has 1 aliphatic heterocycles. The molecule has 0 unspecified atom stereocenters. The number of fused-ring (bicyclic) bond motifs is 1. The number of ketones is 1. The summed E-state index contributed by atoms with van der Waals surface area (Å²) in [6, 6.07) is 5.30. The van der Waals surface area contributed by atoms with Gasteiger partial charge in [0.25, 0.3) is 0 Å². The van der Waals surface area contributed by atoms with Crippen molar-refractivity contribution >= 4 is 17.8 Å². The van der Waals surface area contributed by atoms with Crippen molar-refractivity contribution in [1.29, 1.82) is 0 Å². The second kappa shape index (κ2) is 6.43. The van der Waals surface area contributed by atoms with Crippen LogP contribution < -0.4 is 9.47 Å². The van der Waals surface area contributed by atoms with E-state index in [0.29, 0.717) is 17.1 Å². The fourth-order valence-electron chi connectivity index (χ4n) is 1.85. The molecule has 0 bridgehead atoms. The first-order chi connectivity index (χ1) is 9.99. The second-order valence-electron chi connectivity index (χ2n) is 5.19. The lowest BCUT2D eigenvalue weighted by atomic mass is 10.1. The van der Waals surface area contributed by atoms with E-state index in [1.54, 1.807) is 18.2 Å². The number of rotatable bonds is 5. The Labute approximate surface area is 123 Å². The van der Waals surface area contributed by atoms with E-state index in [1.807, 2.05) is 13.8 Å². The molecule has 1 aliphatic rings. The van der Waals surface area contributed by atoms with Crippen LogP contribution in [-0.2, 0) is 14.3 Å². The number of hydrogen-bond acceptors (Lipinski definition) is 5. The molecule has 0 aromatic heterocycles. The SMILES string of the molecule is CC(=O)C(=Cc1cccc2c1OCO2)C(=O)OCC(C)C. The summed E-state index contributed by atoms with van der Waals surface area (Å²) >= 11 is 0. The van der Waals surface area contributed by atoms with Crippen LogP contribution in [0.2, 0.25) is 0 Å². The normalized spacial score (nSPS) is 13.4. The number of esters is 1. The number of para-hydroxylation sites is 1. The minimum atomic E-state index is -0.618. The Bertz CT molecular complexity index is 586. The van der Waals surface area contributed by atoms with Gasteiger partial charge < -0.3 is 14.2 Å². The zero-order chi connectivity index (χ0) is 15.4. The first-order valence-electron chi connectivity index (χ1n) is 6.77. The van der Waals surface area contributed by atoms with Gasteiger partial charge in [0.2, 0.25) is 6.79 Å². The van der Waals surface area contributed by atoms with Gasteiger partial charge in [-0.1, -0.05) is 26.0 Å². The van der Waals surface area contributed by atoms with E-state index in [0.717, 1.165) is 0 Å². The van der Waals surface area contributed by atoms with Crippen molar-refractivity contribution in [3.8, 4) is 11.5 Å². The topological polar surface area (TPSA) is 61.8 Å². The molecule has 0 N–H and O–H groups in total. The van der Waals surface area contributed by atoms with Gasteiger partial charge in [-0.3, -0.25) is 4.79 Å². The first kappa shape index (κ1) is 15.1. The van der Waals surface area contributed by atoms with Gasteiger partial charge in [-0.2, -0.15) is 0 Å². The van der Waals surface area contributed by atoms with Crippen molar-refractivity contribution in [3.05, 3.63) is 29.3 Å². The highest BCUT2D eigenvalue weighted by Crippen LogP contribution is 2.36. The largest absolute Gasteiger partial charge is 0.462 e. The average Bonchev–Trinajstić information content (AvgIpc) is 2.90. The molecule has 0 amide bonds. The maximum Gasteiger partial charge on any atom is 0.341 e. The van der Waals surface area contributed by atoms with Gasteiger partial charge in [0.05, 0.1) is 6.61 Å². The lowest BCUT2D eigenvalue weighted by molar-refractivity contribution is -0.141. The molecule has 1 aromatic rings. The summed E-state index contributed by atoms with van der Waals surface area (Å²) in [5.74, 6) is 0.378. The Morgan fingerprint density at radius 1 is 1.33 bits per heavy atom. The van der Waals surface area contributed by atoms with Crippen LogP contribution in [-0.4, -0.2) is 25.2 Å². The van der Waals surface area contributed by atoms with Crippen LogP contribution >= 0.6 is 0 Å². The van der Waals surface area contributed by atoms with Gasteiger partial charge >= 0.3 is 5.97 Å². The minimum absolute atomic E-state index is 0.000417. The van der Waals surface area contributed by atoms with Gasteiger partial charge in [0.1, 0.15) is 5.57 Å². The summed E-state index contributed by atoms with van der Waals surface area (Å²) in [7, 11) is 0. The molecule has 0 radical (unpaired) electrons. The molecule has 0 saturated heterocycles. The number of benzene rings is 1. The van der Waals surface area contributed by atoms with E-state index in [-0.39, 0.29) is 30.7 Å². The highest BCUT2D eigenvalue weighted by molar-refractivity contribution is 6.20. The number of carbonyl (C=O) groups is 2. The molecule has 0 fully saturated rings. The smallest absolute Gasteiger partial charge is 0.341 e. The van der Waals surface area contributed by atoms with Gasteiger partial charge in [0.15, 0.2) is 17.3 Å². The fourth-order valence-corrected chi connectivity index (χ4v) is 1.85. The molecule has 112 valence electrons. The van der Waals surface area contributed by atoms with Crippen molar-refractivity contribution in [1.82, 2.24) is 0 Å². The van der Waals surface area contributed by atoms with Crippen LogP contribution in [0.5, 0.6) is 11.5 Å². The van der Waals surface area contributed by atoms with Crippen LogP contribution in [0.15, 0.2) is 23.8 Å². The molecule has 0 atom stereocenters. The number of ether oxygens (including phenoxy) is 3. The summed E-state index contributed by atoms with van der Waals surface area (Å²) in [5.41, 5.74) is 0.622. The zero-order valence-electron chi connectivity index (χ0n) is 12.3. The van der Waals surface area contributed by atoms with E-state index in [2.05, 4.69) is 0 Å². The van der Waals surface area contributed by atoms with Crippen LogP contribution in [0.1, 0.15) is 26.3 Å². The standard InChI is InChI=1S/C16H18O5/c1-10(2)8-19-16(18)13(11(3)17)7-12-5-4-6-14-15(12)21-9-20-14/h4-7,10H,8-9H2,1-3H3. The lowest BCUT2D eigenvalue weighted by Gasteiger charge is -2.09. The Balaban J connectivity index is 2.28. The Kier molecular flexibility index (Phi) is 4.62. The van der Waals surface area contributed by atoms with Gasteiger partial charge in [0, 0.05) is 5.56 Å². The van der Waals surface area contributed by atoms with E-state index < -0.39 is 5.97 Å². The molecule has 0 spiro atoms. The third-order valence-corrected chi connectivity index (χ3v) is 2.87. The van der Waals surface area contributed by atoms with Crippen molar-refractivity contribution in [2.75, 3.05) is 13.4 Å². The van der Waals surface area contributed by atoms with Gasteiger partial charge in [-0.25, -0.2) is 4.79 Å². The Morgan fingerprint density at radius 3 is 2.76 bits per heavy atom. The predicted molar refractivity (Wildman–Crippen MR) is 77.0 cm³/mol. The molecular weight excluding hydrogens is 272 g/mol. The fraction of sp³-hybridized carbons (Fsp3) is 0.375. The molecule has 1 aromatic carbocycles. The van der Waals surface area contributed by atoms with Crippen molar-refractivity contribution in [2.45, 2.75) is 20.8 Å². The number of carbonyl (C=O) groups excluding carboxylic acids is 2. The maximum absolute atomic E-state index is 12.0. The molecular formula is C16H18O5. The predicted octanol–water partition coefficient (Wildman–Crippen LogP) is 2.59. The molecule has 5 heteroatoms. The highest BCUT2D eigenvalue weighted by atomic mass is 16.7. The van der Waals surface area contributed by atoms with E-state index in [4.69, 9.17) is 14.2 Å². The molecule has 1 heterocycles. The average molecular weight is 290 g/mol. The number of Topliss-reactive ketones (excluding diaryl/α,β-unsaturated/α-hetero) is 1. The molecule has 0 saturated carbocycles. The quantitative estimate of drug-likeness (QED) is 0.361. The van der Waals surface area contributed by atoms with Gasteiger partial charge in [-0.05, 0) is 25.0 Å². The maximum atomic E-state index is 12.0.